The monoisotopic (exact) mass is 371 g/mol. The highest BCUT2D eigenvalue weighted by Crippen LogP contribution is 2.18. The first-order valence-electron chi connectivity index (χ1n) is 5.71. The van der Waals surface area contributed by atoms with Crippen LogP contribution in [0.2, 0.25) is 0 Å². The highest BCUT2D eigenvalue weighted by atomic mass is 127. The Kier molecular flexibility index (Phi) is 3.79. The number of nitrogens with one attached hydrogen (secondary N) is 1. The molecule has 1 aromatic carbocycles. The topological polar surface area (TPSA) is 56.0 Å². The average Bonchev–Trinajstić information content (AvgIpc) is 2.41. The van der Waals surface area contributed by atoms with Gasteiger partial charge in [0.15, 0.2) is 0 Å². The normalized spacial score (nSPS) is 10.5. The standard InChI is InChI=1S/C13H14IN3O2/c1-8-4-6-9(7-5-8)15-11-10(14)12(18)17(3)13(19)16(11)2/h4-7,15H,1-3H3. The lowest BCUT2D eigenvalue weighted by atomic mass is 10.2. The molecule has 0 fully saturated rings. The molecule has 1 aromatic heterocycles. The number of aryl methyl sites for hydroxylation is 1. The minimum Gasteiger partial charge on any atom is -0.340 e. The van der Waals surface area contributed by atoms with E-state index < -0.39 is 0 Å². The van der Waals surface area contributed by atoms with Crippen molar-refractivity contribution in [3.63, 3.8) is 0 Å². The number of anilines is 2. The van der Waals surface area contributed by atoms with Gasteiger partial charge in [-0.1, -0.05) is 17.7 Å². The Labute approximate surface area is 124 Å². The number of rotatable bonds is 2. The van der Waals surface area contributed by atoms with Crippen molar-refractivity contribution in [3.05, 3.63) is 54.2 Å². The molecule has 0 aliphatic carbocycles. The molecule has 0 spiro atoms. The van der Waals surface area contributed by atoms with Crippen LogP contribution in [-0.2, 0) is 14.1 Å². The summed E-state index contributed by atoms with van der Waals surface area (Å²) in [5, 5.41) is 3.12. The number of aromatic nitrogens is 2. The van der Waals surface area contributed by atoms with Crippen molar-refractivity contribution < 1.29 is 0 Å². The molecule has 0 radical (unpaired) electrons. The van der Waals surface area contributed by atoms with Gasteiger partial charge in [-0.3, -0.25) is 13.9 Å². The average molecular weight is 371 g/mol. The largest absolute Gasteiger partial charge is 0.340 e. The third-order valence-corrected chi connectivity index (χ3v) is 3.90. The number of hydrogen-bond donors (Lipinski definition) is 1. The Bertz CT molecular complexity index is 692. The summed E-state index contributed by atoms with van der Waals surface area (Å²) < 4.78 is 3.02. The van der Waals surface area contributed by atoms with E-state index in [1.807, 2.05) is 53.8 Å². The van der Waals surface area contributed by atoms with E-state index in [0.717, 1.165) is 15.8 Å². The lowest BCUT2D eigenvalue weighted by Crippen LogP contribution is -2.39. The van der Waals surface area contributed by atoms with Crippen molar-refractivity contribution in [2.75, 3.05) is 5.32 Å². The lowest BCUT2D eigenvalue weighted by molar-refractivity contribution is 0.686. The molecule has 5 nitrogen and oxygen atoms in total. The molecular weight excluding hydrogens is 357 g/mol. The summed E-state index contributed by atoms with van der Waals surface area (Å²) >= 11 is 1.95. The maximum Gasteiger partial charge on any atom is 0.332 e. The number of benzene rings is 1. The molecule has 0 saturated heterocycles. The van der Waals surface area contributed by atoms with Crippen LogP contribution in [0, 0.1) is 10.5 Å². The predicted molar refractivity (Wildman–Crippen MR) is 84.1 cm³/mol. The van der Waals surface area contributed by atoms with Crippen molar-refractivity contribution in [2.24, 2.45) is 14.1 Å². The molecule has 0 unspecified atom stereocenters. The van der Waals surface area contributed by atoms with E-state index in [2.05, 4.69) is 5.32 Å². The Morgan fingerprint density at radius 2 is 1.63 bits per heavy atom. The second-order valence-corrected chi connectivity index (χ2v) is 5.44. The highest BCUT2D eigenvalue weighted by molar-refractivity contribution is 14.1. The molecular formula is C13H14IN3O2. The van der Waals surface area contributed by atoms with Gasteiger partial charge in [0.25, 0.3) is 5.56 Å². The van der Waals surface area contributed by atoms with Crippen molar-refractivity contribution >= 4 is 34.1 Å². The van der Waals surface area contributed by atoms with Gasteiger partial charge in [-0.05, 0) is 41.6 Å². The molecule has 19 heavy (non-hydrogen) atoms. The van der Waals surface area contributed by atoms with Crippen LogP contribution in [0.4, 0.5) is 11.5 Å². The zero-order valence-electron chi connectivity index (χ0n) is 10.9. The summed E-state index contributed by atoms with van der Waals surface area (Å²) in [6.45, 7) is 2.00. The molecule has 0 atom stereocenters. The van der Waals surface area contributed by atoms with Crippen LogP contribution < -0.4 is 16.6 Å². The van der Waals surface area contributed by atoms with E-state index in [9.17, 15) is 9.59 Å². The summed E-state index contributed by atoms with van der Waals surface area (Å²) in [5.41, 5.74) is 1.35. The van der Waals surface area contributed by atoms with Crippen molar-refractivity contribution in [2.45, 2.75) is 6.92 Å². The maximum atomic E-state index is 11.9. The van der Waals surface area contributed by atoms with Gasteiger partial charge in [0.2, 0.25) is 0 Å². The van der Waals surface area contributed by atoms with Crippen LogP contribution in [-0.4, -0.2) is 9.13 Å². The molecule has 0 amide bonds. The number of nitrogens with zero attached hydrogens (tertiary/aromatic N) is 2. The van der Waals surface area contributed by atoms with Crippen molar-refractivity contribution in [1.29, 1.82) is 0 Å². The van der Waals surface area contributed by atoms with Crippen LogP contribution in [0.5, 0.6) is 0 Å². The fraction of sp³-hybridized carbons (Fsp3) is 0.231. The zero-order valence-corrected chi connectivity index (χ0v) is 13.1. The molecule has 6 heteroatoms. The van der Waals surface area contributed by atoms with Crippen LogP contribution in [0.1, 0.15) is 5.56 Å². The third-order valence-electron chi connectivity index (χ3n) is 2.92. The van der Waals surface area contributed by atoms with Gasteiger partial charge >= 0.3 is 5.69 Å². The summed E-state index contributed by atoms with van der Waals surface area (Å²) in [5.74, 6) is 0.512. The smallest absolute Gasteiger partial charge is 0.332 e. The van der Waals surface area contributed by atoms with E-state index in [1.54, 1.807) is 7.05 Å². The Morgan fingerprint density at radius 3 is 2.21 bits per heavy atom. The van der Waals surface area contributed by atoms with E-state index in [0.29, 0.717) is 9.39 Å². The fourth-order valence-corrected chi connectivity index (χ4v) is 2.57. The quantitative estimate of drug-likeness (QED) is 0.819. The van der Waals surface area contributed by atoms with Gasteiger partial charge < -0.3 is 5.32 Å². The van der Waals surface area contributed by atoms with Crippen LogP contribution in [0.3, 0.4) is 0 Å². The van der Waals surface area contributed by atoms with Gasteiger partial charge in [-0.25, -0.2) is 4.79 Å². The van der Waals surface area contributed by atoms with E-state index >= 15 is 0 Å². The third kappa shape index (κ3) is 2.58. The molecule has 1 N–H and O–H groups in total. The summed E-state index contributed by atoms with van der Waals surface area (Å²) in [4.78, 5) is 23.8. The van der Waals surface area contributed by atoms with Gasteiger partial charge in [0.1, 0.15) is 9.39 Å². The Hall–Kier alpha value is -1.57. The van der Waals surface area contributed by atoms with Gasteiger partial charge in [0.05, 0.1) is 0 Å². The lowest BCUT2D eigenvalue weighted by Gasteiger charge is -2.14. The first-order valence-corrected chi connectivity index (χ1v) is 6.79. The molecule has 100 valence electrons. The SMILES string of the molecule is Cc1ccc(Nc2c(I)c(=O)n(C)c(=O)n2C)cc1. The zero-order chi connectivity index (χ0) is 14.2. The minimum atomic E-state index is -0.347. The number of halogens is 1. The van der Waals surface area contributed by atoms with E-state index in [-0.39, 0.29) is 11.2 Å². The fourth-order valence-electron chi connectivity index (χ4n) is 1.72. The van der Waals surface area contributed by atoms with E-state index in [4.69, 9.17) is 0 Å². The highest BCUT2D eigenvalue weighted by Gasteiger charge is 2.13. The molecule has 0 aliphatic rings. The van der Waals surface area contributed by atoms with Gasteiger partial charge in [-0.15, -0.1) is 0 Å². The molecule has 0 saturated carbocycles. The van der Waals surface area contributed by atoms with Crippen LogP contribution in [0.15, 0.2) is 33.9 Å². The first-order chi connectivity index (χ1) is 8.91. The maximum absolute atomic E-state index is 11.9. The summed E-state index contributed by atoms with van der Waals surface area (Å²) in [6.07, 6.45) is 0. The Morgan fingerprint density at radius 1 is 1.05 bits per heavy atom. The van der Waals surface area contributed by atoms with Gasteiger partial charge in [-0.2, -0.15) is 0 Å². The summed E-state index contributed by atoms with van der Waals surface area (Å²) in [7, 11) is 3.11. The summed E-state index contributed by atoms with van der Waals surface area (Å²) in [6, 6.07) is 7.75. The molecule has 0 bridgehead atoms. The second kappa shape index (κ2) is 5.20. The van der Waals surface area contributed by atoms with Gasteiger partial charge in [0, 0.05) is 19.8 Å². The molecule has 2 aromatic rings. The van der Waals surface area contributed by atoms with Crippen LogP contribution in [0.25, 0.3) is 0 Å². The van der Waals surface area contributed by atoms with Crippen LogP contribution >= 0.6 is 22.6 Å². The van der Waals surface area contributed by atoms with E-state index in [1.165, 1.54) is 11.6 Å². The molecule has 1 heterocycles. The predicted octanol–water partition coefficient (Wildman–Crippen LogP) is 1.74. The number of hydrogen-bond acceptors (Lipinski definition) is 3. The molecule has 2 rings (SSSR count). The molecule has 0 aliphatic heterocycles. The first kappa shape index (κ1) is 13.9. The second-order valence-electron chi connectivity index (χ2n) is 4.36. The van der Waals surface area contributed by atoms with Crippen molar-refractivity contribution in [1.82, 2.24) is 9.13 Å². The Balaban J connectivity index is 2.55. The van der Waals surface area contributed by atoms with Crippen molar-refractivity contribution in [3.8, 4) is 0 Å². The minimum absolute atomic E-state index is 0.293.